The highest BCUT2D eigenvalue weighted by molar-refractivity contribution is 5.95. The molecule has 1 aromatic heterocycles. The fourth-order valence-electron chi connectivity index (χ4n) is 5.06. The number of aromatic hydroxyl groups is 1. The van der Waals surface area contributed by atoms with Crippen molar-refractivity contribution in [1.82, 2.24) is 4.57 Å². The van der Waals surface area contributed by atoms with Crippen LogP contribution in [0, 0.1) is 11.6 Å². The van der Waals surface area contributed by atoms with Gasteiger partial charge in [0.1, 0.15) is 23.0 Å². The fraction of sp³-hybridized carbons (Fsp3) is 0.222. The number of phenolic OH excluding ortho intramolecular Hbond substituents is 1. The van der Waals surface area contributed by atoms with Crippen molar-refractivity contribution in [3.05, 3.63) is 94.7 Å². The number of carbonyl (C=O) groups is 1. The molecule has 5 rings (SSSR count). The van der Waals surface area contributed by atoms with Gasteiger partial charge in [-0.05, 0) is 69.3 Å². The molecule has 0 amide bonds. The van der Waals surface area contributed by atoms with Gasteiger partial charge in [-0.25, -0.2) is 13.6 Å². The summed E-state index contributed by atoms with van der Waals surface area (Å²) in [7, 11) is 0. The SMILES string of the molecule is CC1(C)OCC(C)(c2ccc(C(=O)O)cc2F)c2c1n(-c1ccc(F)cc1)c1cccc(O)c21. The molecule has 0 radical (unpaired) electrons. The van der Waals surface area contributed by atoms with Gasteiger partial charge in [-0.3, -0.25) is 0 Å². The van der Waals surface area contributed by atoms with Crippen molar-refractivity contribution < 1.29 is 28.5 Å². The Morgan fingerprint density at radius 3 is 2.38 bits per heavy atom. The number of rotatable bonds is 3. The molecule has 0 aliphatic carbocycles. The second kappa shape index (κ2) is 7.40. The van der Waals surface area contributed by atoms with Gasteiger partial charge in [0.15, 0.2) is 0 Å². The monoisotopic (exact) mass is 463 g/mol. The van der Waals surface area contributed by atoms with E-state index >= 15 is 4.39 Å². The average molecular weight is 463 g/mol. The molecule has 0 spiro atoms. The zero-order valence-electron chi connectivity index (χ0n) is 18.9. The van der Waals surface area contributed by atoms with Gasteiger partial charge in [0.05, 0.1) is 23.4 Å². The van der Waals surface area contributed by atoms with E-state index < -0.39 is 22.8 Å². The summed E-state index contributed by atoms with van der Waals surface area (Å²) >= 11 is 0. The van der Waals surface area contributed by atoms with E-state index in [4.69, 9.17) is 4.74 Å². The Bertz CT molecular complexity index is 1460. The second-order valence-electron chi connectivity index (χ2n) is 9.34. The van der Waals surface area contributed by atoms with Gasteiger partial charge in [0.25, 0.3) is 0 Å². The maximum Gasteiger partial charge on any atom is 0.335 e. The van der Waals surface area contributed by atoms with Crippen LogP contribution in [0.3, 0.4) is 0 Å². The normalized spacial score (nSPS) is 19.2. The predicted octanol–water partition coefficient (Wildman–Crippen LogP) is 5.88. The summed E-state index contributed by atoms with van der Waals surface area (Å²) < 4.78 is 37.3. The average Bonchev–Trinajstić information content (AvgIpc) is 3.16. The second-order valence-corrected chi connectivity index (χ2v) is 9.34. The Kier molecular flexibility index (Phi) is 4.81. The standard InChI is InChI=1S/C27H23F2NO4/c1-26(2)24-23(27(3,14-34-26)18-12-7-15(25(32)33)13-19(18)29)22-20(5-4-6-21(22)31)30(24)17-10-8-16(28)9-11-17/h4-13,31H,14H2,1-3H3,(H,32,33). The number of aromatic nitrogens is 1. The molecule has 3 aromatic carbocycles. The highest BCUT2D eigenvalue weighted by atomic mass is 19.1. The zero-order chi connectivity index (χ0) is 24.4. The van der Waals surface area contributed by atoms with E-state index in [1.54, 1.807) is 24.3 Å². The van der Waals surface area contributed by atoms with Crippen LogP contribution in [0.15, 0.2) is 60.7 Å². The molecule has 1 unspecified atom stereocenters. The zero-order valence-corrected chi connectivity index (χ0v) is 18.9. The Morgan fingerprint density at radius 2 is 1.74 bits per heavy atom. The topological polar surface area (TPSA) is 71.7 Å². The van der Waals surface area contributed by atoms with E-state index in [2.05, 4.69) is 0 Å². The summed E-state index contributed by atoms with van der Waals surface area (Å²) in [6.45, 7) is 5.71. The highest BCUT2D eigenvalue weighted by Crippen LogP contribution is 2.52. The number of nitrogens with zero attached hydrogens (tertiary/aromatic N) is 1. The number of phenols is 1. The number of halogens is 2. The van der Waals surface area contributed by atoms with Crippen LogP contribution >= 0.6 is 0 Å². The molecule has 1 aliphatic heterocycles. The lowest BCUT2D eigenvalue weighted by Crippen LogP contribution is -2.43. The molecule has 5 nitrogen and oxygen atoms in total. The lowest BCUT2D eigenvalue weighted by Gasteiger charge is -2.43. The third-order valence-corrected chi connectivity index (χ3v) is 6.71. The number of ether oxygens (including phenoxy) is 1. The van der Waals surface area contributed by atoms with E-state index in [1.807, 2.05) is 31.4 Å². The van der Waals surface area contributed by atoms with Gasteiger partial charge in [0.2, 0.25) is 0 Å². The van der Waals surface area contributed by atoms with Crippen molar-refractivity contribution >= 4 is 16.9 Å². The summed E-state index contributed by atoms with van der Waals surface area (Å²) in [4.78, 5) is 11.4. The van der Waals surface area contributed by atoms with E-state index in [-0.39, 0.29) is 29.3 Å². The van der Waals surface area contributed by atoms with Crippen LogP contribution in [0.1, 0.15) is 48.0 Å². The van der Waals surface area contributed by atoms with Crippen LogP contribution in [-0.2, 0) is 15.8 Å². The Balaban J connectivity index is 1.90. The minimum Gasteiger partial charge on any atom is -0.507 e. The number of fused-ring (bicyclic) bond motifs is 3. The van der Waals surface area contributed by atoms with Crippen molar-refractivity contribution in [3.8, 4) is 11.4 Å². The molecular formula is C27H23F2NO4. The lowest BCUT2D eigenvalue weighted by molar-refractivity contribution is -0.0586. The lowest BCUT2D eigenvalue weighted by atomic mass is 9.71. The number of hydrogen-bond acceptors (Lipinski definition) is 3. The number of benzene rings is 3. The van der Waals surface area contributed by atoms with Crippen molar-refractivity contribution in [1.29, 1.82) is 0 Å². The van der Waals surface area contributed by atoms with Gasteiger partial charge < -0.3 is 19.5 Å². The van der Waals surface area contributed by atoms with Crippen LogP contribution in [0.5, 0.6) is 5.75 Å². The Morgan fingerprint density at radius 1 is 1.03 bits per heavy atom. The number of hydrogen-bond donors (Lipinski definition) is 2. The minimum absolute atomic E-state index is 0.0288. The molecule has 174 valence electrons. The van der Waals surface area contributed by atoms with Crippen LogP contribution in [0.25, 0.3) is 16.6 Å². The van der Waals surface area contributed by atoms with Crippen LogP contribution < -0.4 is 0 Å². The fourth-order valence-corrected chi connectivity index (χ4v) is 5.06. The molecule has 0 saturated carbocycles. The molecule has 1 aliphatic rings. The molecule has 0 fully saturated rings. The number of aromatic carboxylic acids is 1. The highest BCUT2D eigenvalue weighted by Gasteiger charge is 2.48. The number of carboxylic acids is 1. The van der Waals surface area contributed by atoms with Gasteiger partial charge in [-0.2, -0.15) is 0 Å². The van der Waals surface area contributed by atoms with E-state index in [0.29, 0.717) is 27.8 Å². The Hall–Kier alpha value is -3.71. The van der Waals surface area contributed by atoms with E-state index in [1.165, 1.54) is 24.3 Å². The first kappa shape index (κ1) is 22.1. The van der Waals surface area contributed by atoms with Gasteiger partial charge in [0, 0.05) is 27.6 Å². The smallest absolute Gasteiger partial charge is 0.335 e. The van der Waals surface area contributed by atoms with Crippen molar-refractivity contribution in [2.75, 3.05) is 6.61 Å². The molecule has 2 heterocycles. The molecule has 0 saturated heterocycles. The summed E-state index contributed by atoms with van der Waals surface area (Å²) in [5.41, 5.74) is 0.953. The first-order chi connectivity index (χ1) is 16.0. The van der Waals surface area contributed by atoms with Gasteiger partial charge >= 0.3 is 5.97 Å². The molecule has 1 atom stereocenters. The third kappa shape index (κ3) is 3.11. The summed E-state index contributed by atoms with van der Waals surface area (Å²) in [5, 5.41) is 20.8. The number of carboxylic acid groups (broad SMARTS) is 1. The van der Waals surface area contributed by atoms with Crippen LogP contribution in [0.4, 0.5) is 8.78 Å². The summed E-state index contributed by atoms with van der Waals surface area (Å²) in [6, 6.07) is 15.0. The molecular weight excluding hydrogens is 440 g/mol. The molecule has 4 aromatic rings. The van der Waals surface area contributed by atoms with Gasteiger partial charge in [-0.1, -0.05) is 12.1 Å². The molecule has 2 N–H and O–H groups in total. The Labute approximate surface area is 194 Å². The van der Waals surface area contributed by atoms with Crippen molar-refractivity contribution in [2.45, 2.75) is 31.8 Å². The molecule has 34 heavy (non-hydrogen) atoms. The van der Waals surface area contributed by atoms with Crippen molar-refractivity contribution in [2.24, 2.45) is 0 Å². The third-order valence-electron chi connectivity index (χ3n) is 6.71. The summed E-state index contributed by atoms with van der Waals surface area (Å²) in [6.07, 6.45) is 0. The maximum absolute atomic E-state index is 15.4. The van der Waals surface area contributed by atoms with Crippen LogP contribution in [0.2, 0.25) is 0 Å². The van der Waals surface area contributed by atoms with Gasteiger partial charge in [-0.15, -0.1) is 0 Å². The maximum atomic E-state index is 15.4. The molecule has 7 heteroatoms. The van der Waals surface area contributed by atoms with E-state index in [0.717, 1.165) is 6.07 Å². The first-order valence-corrected chi connectivity index (χ1v) is 10.8. The summed E-state index contributed by atoms with van der Waals surface area (Å²) in [5.74, 6) is -2.24. The van der Waals surface area contributed by atoms with Crippen LogP contribution in [-0.4, -0.2) is 27.4 Å². The minimum atomic E-state index is -1.22. The quantitative estimate of drug-likeness (QED) is 0.398. The largest absolute Gasteiger partial charge is 0.507 e. The van der Waals surface area contributed by atoms with Crippen molar-refractivity contribution in [3.63, 3.8) is 0 Å². The predicted molar refractivity (Wildman–Crippen MR) is 124 cm³/mol. The molecule has 0 bridgehead atoms. The first-order valence-electron chi connectivity index (χ1n) is 10.8. The van der Waals surface area contributed by atoms with E-state index in [9.17, 15) is 19.4 Å².